The molecule has 0 radical (unpaired) electrons. The van der Waals surface area contributed by atoms with Crippen molar-refractivity contribution in [2.75, 3.05) is 5.32 Å². The summed E-state index contributed by atoms with van der Waals surface area (Å²) in [5.74, 6) is -0.243. The summed E-state index contributed by atoms with van der Waals surface area (Å²) in [6.45, 7) is 1.86. The number of amides is 1. The van der Waals surface area contributed by atoms with Crippen molar-refractivity contribution in [3.05, 3.63) is 94.4 Å². The van der Waals surface area contributed by atoms with Crippen LogP contribution >= 0.6 is 0 Å². The second-order valence-corrected chi connectivity index (χ2v) is 9.96. The summed E-state index contributed by atoms with van der Waals surface area (Å²) in [7, 11) is 0. The van der Waals surface area contributed by atoms with Crippen LogP contribution in [0.25, 0.3) is 0 Å². The summed E-state index contributed by atoms with van der Waals surface area (Å²) in [5.41, 5.74) is 4.81. The largest absolute Gasteiger partial charge is 0.384 e. The SMILES string of the molecule is Cc1ncccc1NC(=O)C1=C[C@@H](Cc2ccccc2)C2=C3CC[C@](O)(C(F)F)CC3CCC2=C1. The fourth-order valence-electron chi connectivity index (χ4n) is 5.85. The maximum Gasteiger partial charge on any atom is 0.266 e. The molecule has 6 heteroatoms. The van der Waals surface area contributed by atoms with Gasteiger partial charge in [0.15, 0.2) is 0 Å². The van der Waals surface area contributed by atoms with Crippen LogP contribution in [-0.4, -0.2) is 28.0 Å². The lowest BCUT2D eigenvalue weighted by Gasteiger charge is -2.43. The van der Waals surface area contributed by atoms with Gasteiger partial charge < -0.3 is 10.4 Å². The van der Waals surface area contributed by atoms with E-state index in [1.54, 1.807) is 12.3 Å². The quantitative estimate of drug-likeness (QED) is 0.561. The molecule has 0 saturated heterocycles. The first kappa shape index (κ1) is 23.6. The number of hydrogen-bond acceptors (Lipinski definition) is 3. The zero-order chi connectivity index (χ0) is 24.6. The Labute approximate surface area is 204 Å². The second kappa shape index (κ2) is 9.50. The highest BCUT2D eigenvalue weighted by Crippen LogP contribution is 2.50. The summed E-state index contributed by atoms with van der Waals surface area (Å²) >= 11 is 0. The number of nitrogens with zero attached hydrogens (tertiary/aromatic N) is 1. The number of carbonyl (C=O) groups is 1. The molecule has 3 aliphatic rings. The van der Waals surface area contributed by atoms with Gasteiger partial charge in [-0.3, -0.25) is 9.78 Å². The molecule has 1 aromatic heterocycles. The van der Waals surface area contributed by atoms with E-state index in [-0.39, 0.29) is 30.6 Å². The number of alkyl halides is 2. The highest BCUT2D eigenvalue weighted by molar-refractivity contribution is 6.06. The normalized spacial score (nSPS) is 26.0. The number of allylic oxidation sites excluding steroid dienone is 4. The van der Waals surface area contributed by atoms with E-state index in [2.05, 4.69) is 22.4 Å². The monoisotopic (exact) mass is 476 g/mol. The molecule has 1 heterocycles. The smallest absolute Gasteiger partial charge is 0.266 e. The van der Waals surface area contributed by atoms with Crippen LogP contribution in [0.15, 0.2) is 83.1 Å². The number of carbonyl (C=O) groups excluding carboxylic acids is 1. The van der Waals surface area contributed by atoms with E-state index in [0.717, 1.165) is 23.3 Å². The van der Waals surface area contributed by atoms with E-state index >= 15 is 0 Å². The Morgan fingerprint density at radius 3 is 2.74 bits per heavy atom. The van der Waals surface area contributed by atoms with E-state index in [1.165, 1.54) is 11.1 Å². The molecule has 0 bridgehead atoms. The van der Waals surface area contributed by atoms with E-state index in [4.69, 9.17) is 0 Å². The maximum atomic E-state index is 13.6. The van der Waals surface area contributed by atoms with Gasteiger partial charge in [0.05, 0.1) is 11.4 Å². The summed E-state index contributed by atoms with van der Waals surface area (Å²) in [6.07, 6.45) is 5.75. The summed E-state index contributed by atoms with van der Waals surface area (Å²) in [5, 5.41) is 13.5. The molecule has 182 valence electrons. The van der Waals surface area contributed by atoms with Crippen molar-refractivity contribution >= 4 is 11.6 Å². The molecule has 35 heavy (non-hydrogen) atoms. The van der Waals surface area contributed by atoms with E-state index in [0.29, 0.717) is 30.5 Å². The van der Waals surface area contributed by atoms with Crippen LogP contribution in [0.1, 0.15) is 43.4 Å². The van der Waals surface area contributed by atoms with Crippen LogP contribution < -0.4 is 5.32 Å². The van der Waals surface area contributed by atoms with Gasteiger partial charge in [0.2, 0.25) is 0 Å². The van der Waals surface area contributed by atoms with Gasteiger partial charge in [-0.1, -0.05) is 42.0 Å². The number of aryl methyl sites for hydroxylation is 1. The third-order valence-electron chi connectivity index (χ3n) is 7.68. The van der Waals surface area contributed by atoms with Gasteiger partial charge in [0, 0.05) is 17.7 Å². The second-order valence-electron chi connectivity index (χ2n) is 9.96. The zero-order valence-corrected chi connectivity index (χ0v) is 19.8. The maximum absolute atomic E-state index is 13.6. The van der Waals surface area contributed by atoms with Crippen LogP contribution in [0.2, 0.25) is 0 Å². The van der Waals surface area contributed by atoms with Crippen LogP contribution in [0.3, 0.4) is 0 Å². The molecule has 2 aromatic rings. The van der Waals surface area contributed by atoms with Gasteiger partial charge in [0.1, 0.15) is 5.60 Å². The minimum Gasteiger partial charge on any atom is -0.384 e. The summed E-state index contributed by atoms with van der Waals surface area (Å²) in [6, 6.07) is 13.8. The van der Waals surface area contributed by atoms with E-state index in [1.807, 2.05) is 43.3 Å². The molecule has 1 aromatic carbocycles. The Hall–Kier alpha value is -3.12. The molecule has 3 atom stereocenters. The topological polar surface area (TPSA) is 62.2 Å². The molecule has 1 amide bonds. The van der Waals surface area contributed by atoms with E-state index in [9.17, 15) is 18.7 Å². The Balaban J connectivity index is 1.50. The Bertz CT molecular complexity index is 1220. The van der Waals surface area contributed by atoms with Crippen molar-refractivity contribution in [3.63, 3.8) is 0 Å². The van der Waals surface area contributed by atoms with E-state index < -0.39 is 12.0 Å². The highest BCUT2D eigenvalue weighted by Gasteiger charge is 2.46. The predicted octanol–water partition coefficient (Wildman–Crippen LogP) is 5.94. The van der Waals surface area contributed by atoms with Gasteiger partial charge in [-0.2, -0.15) is 0 Å². The number of nitrogens with one attached hydrogen (secondary N) is 1. The van der Waals surface area contributed by atoms with Crippen LogP contribution in [0.5, 0.6) is 0 Å². The van der Waals surface area contributed by atoms with Crippen molar-refractivity contribution in [3.8, 4) is 0 Å². The summed E-state index contributed by atoms with van der Waals surface area (Å²) < 4.78 is 27.1. The minimum absolute atomic E-state index is 0.0244. The molecule has 4 nitrogen and oxygen atoms in total. The van der Waals surface area contributed by atoms with Gasteiger partial charge in [-0.15, -0.1) is 0 Å². The molecule has 1 unspecified atom stereocenters. The number of halogens is 2. The Kier molecular flexibility index (Phi) is 6.41. The van der Waals surface area contributed by atoms with Crippen LogP contribution in [0, 0.1) is 18.8 Å². The van der Waals surface area contributed by atoms with Crippen molar-refractivity contribution in [1.29, 1.82) is 0 Å². The van der Waals surface area contributed by atoms with Gasteiger partial charge in [-0.05, 0) is 86.3 Å². The van der Waals surface area contributed by atoms with Crippen LogP contribution in [-0.2, 0) is 11.2 Å². The third kappa shape index (κ3) is 4.72. The first-order valence-corrected chi connectivity index (χ1v) is 12.3. The number of anilines is 1. The van der Waals surface area contributed by atoms with Crippen molar-refractivity contribution in [2.45, 2.75) is 57.5 Å². The molecule has 1 saturated carbocycles. The molecular formula is C29H30F2N2O2. The lowest BCUT2D eigenvalue weighted by atomic mass is 9.64. The average Bonchev–Trinajstić information content (AvgIpc) is 2.85. The standard InChI is InChI=1S/C29H30F2N2O2/c1-18-25(8-5-13-32-18)33-27(34)23-15-20-9-10-21-17-29(35,28(30)31)12-11-24(21)26(20)22(16-23)14-19-6-3-2-4-7-19/h2-8,13,15-16,21-22,28,35H,9-12,14,17H2,1H3,(H,33,34)/t21?,22-,29-/m1/s1. The van der Waals surface area contributed by atoms with Crippen LogP contribution in [0.4, 0.5) is 14.5 Å². The minimum atomic E-state index is -2.73. The zero-order valence-electron chi connectivity index (χ0n) is 19.8. The Morgan fingerprint density at radius 2 is 2.00 bits per heavy atom. The number of aliphatic hydroxyl groups is 1. The van der Waals surface area contributed by atoms with Gasteiger partial charge in [-0.25, -0.2) is 8.78 Å². The number of hydrogen-bond donors (Lipinski definition) is 2. The predicted molar refractivity (Wildman–Crippen MR) is 132 cm³/mol. The number of aromatic nitrogens is 1. The first-order valence-electron chi connectivity index (χ1n) is 12.3. The number of rotatable bonds is 5. The molecule has 0 aliphatic heterocycles. The third-order valence-corrected chi connectivity index (χ3v) is 7.68. The van der Waals surface area contributed by atoms with Gasteiger partial charge in [0.25, 0.3) is 12.3 Å². The van der Waals surface area contributed by atoms with Gasteiger partial charge >= 0.3 is 0 Å². The average molecular weight is 477 g/mol. The molecule has 0 spiro atoms. The first-order chi connectivity index (χ1) is 16.8. The highest BCUT2D eigenvalue weighted by atomic mass is 19.3. The fourth-order valence-corrected chi connectivity index (χ4v) is 5.85. The summed E-state index contributed by atoms with van der Waals surface area (Å²) in [4.78, 5) is 17.5. The lowest BCUT2D eigenvalue weighted by molar-refractivity contribution is -0.120. The lowest BCUT2D eigenvalue weighted by Crippen LogP contribution is -2.44. The molecule has 3 aliphatic carbocycles. The fraction of sp³-hybridized carbons (Fsp3) is 0.379. The number of pyridine rings is 1. The van der Waals surface area contributed by atoms with Crippen molar-refractivity contribution < 1.29 is 18.7 Å². The van der Waals surface area contributed by atoms with Crippen molar-refractivity contribution in [1.82, 2.24) is 4.98 Å². The molecule has 5 rings (SSSR count). The molecule has 2 N–H and O–H groups in total. The number of benzene rings is 1. The molecule has 1 fully saturated rings. The number of fused-ring (bicyclic) bond motifs is 2. The van der Waals surface area contributed by atoms with Crippen molar-refractivity contribution in [2.24, 2.45) is 11.8 Å². The molecular weight excluding hydrogens is 446 g/mol. The Morgan fingerprint density at radius 1 is 1.20 bits per heavy atom.